The third kappa shape index (κ3) is 5.46. The molecule has 0 spiro atoms. The molecule has 40 heavy (non-hydrogen) atoms. The zero-order valence-electron chi connectivity index (χ0n) is 20.6. The molecule has 0 bridgehead atoms. The number of alkyl halides is 3. The molecule has 0 saturated heterocycles. The van der Waals surface area contributed by atoms with E-state index in [1.165, 1.54) is 42.1 Å². The lowest BCUT2D eigenvalue weighted by molar-refractivity contribution is -0.207. The molecule has 1 aliphatic heterocycles. The van der Waals surface area contributed by atoms with Gasteiger partial charge in [0.05, 0.1) is 17.3 Å². The molecule has 2 atom stereocenters. The van der Waals surface area contributed by atoms with Crippen LogP contribution >= 0.6 is 23.2 Å². The molecule has 3 aromatic heterocycles. The van der Waals surface area contributed by atoms with Crippen LogP contribution in [-0.4, -0.2) is 57.5 Å². The minimum atomic E-state index is -4.96. The highest BCUT2D eigenvalue weighted by atomic mass is 35.5. The van der Waals surface area contributed by atoms with Crippen LogP contribution < -0.4 is 5.69 Å². The van der Waals surface area contributed by atoms with Crippen molar-refractivity contribution < 1.29 is 27.8 Å². The van der Waals surface area contributed by atoms with E-state index >= 15 is 0 Å². The normalized spacial score (nSPS) is 15.7. The van der Waals surface area contributed by atoms with Gasteiger partial charge in [0.25, 0.3) is 0 Å². The van der Waals surface area contributed by atoms with E-state index in [0.29, 0.717) is 29.1 Å². The molecular formula is C24H20Cl2F3N7O4. The predicted octanol–water partition coefficient (Wildman–Crippen LogP) is 3.52. The van der Waals surface area contributed by atoms with E-state index in [0.717, 1.165) is 14.8 Å². The molecule has 0 radical (unpaired) electrons. The Bertz CT molecular complexity index is 1630. The number of rotatable bonds is 6. The number of esters is 1. The van der Waals surface area contributed by atoms with Gasteiger partial charge in [-0.05, 0) is 42.7 Å². The number of carbonyl (C=O) groups is 1. The van der Waals surface area contributed by atoms with Crippen LogP contribution in [-0.2, 0) is 29.0 Å². The maximum absolute atomic E-state index is 13.3. The summed E-state index contributed by atoms with van der Waals surface area (Å²) in [6.07, 6.45) is -4.70. The first-order valence-electron chi connectivity index (χ1n) is 11.9. The number of hydrogen-bond donors (Lipinski definition) is 1. The molecule has 1 N–H and O–H groups in total. The largest absolute Gasteiger partial charge is 0.454 e. The van der Waals surface area contributed by atoms with Gasteiger partial charge in [0, 0.05) is 29.9 Å². The van der Waals surface area contributed by atoms with E-state index < -0.39 is 36.6 Å². The number of nitrogens with zero attached hydrogens (tertiary/aromatic N) is 7. The highest BCUT2D eigenvalue weighted by Crippen LogP contribution is 2.34. The number of hydrogen-bond acceptors (Lipinski definition) is 8. The number of ether oxygens (including phenoxy) is 1. The van der Waals surface area contributed by atoms with Crippen molar-refractivity contribution in [2.45, 2.75) is 51.2 Å². The highest BCUT2D eigenvalue weighted by Gasteiger charge is 2.39. The summed E-state index contributed by atoms with van der Waals surface area (Å²) in [5.41, 5.74) is 0.573. The Hall–Kier alpha value is -3.75. The summed E-state index contributed by atoms with van der Waals surface area (Å²) in [4.78, 5) is 33.6. The Morgan fingerprint density at radius 3 is 2.60 bits per heavy atom. The minimum absolute atomic E-state index is 0.0543. The first-order chi connectivity index (χ1) is 18.9. The van der Waals surface area contributed by atoms with Gasteiger partial charge in [-0.15, -0.1) is 10.2 Å². The van der Waals surface area contributed by atoms with Gasteiger partial charge in [-0.3, -0.25) is 14.3 Å². The monoisotopic (exact) mass is 597 g/mol. The zero-order valence-corrected chi connectivity index (χ0v) is 22.2. The molecule has 11 nitrogen and oxygen atoms in total. The summed E-state index contributed by atoms with van der Waals surface area (Å²) in [6, 6.07) is 5.95. The highest BCUT2D eigenvalue weighted by molar-refractivity contribution is 6.32. The van der Waals surface area contributed by atoms with Crippen LogP contribution in [0, 0.1) is 0 Å². The maximum Gasteiger partial charge on any atom is 0.416 e. The van der Waals surface area contributed by atoms with E-state index in [-0.39, 0.29) is 29.0 Å². The van der Waals surface area contributed by atoms with Gasteiger partial charge in [0.15, 0.2) is 29.7 Å². The number of aliphatic hydroxyl groups excluding tert-OH is 1. The molecule has 0 aliphatic carbocycles. The van der Waals surface area contributed by atoms with Crippen molar-refractivity contribution >= 4 is 29.2 Å². The Morgan fingerprint density at radius 1 is 1.20 bits per heavy atom. The van der Waals surface area contributed by atoms with Gasteiger partial charge in [-0.1, -0.05) is 23.2 Å². The maximum atomic E-state index is 13.3. The van der Waals surface area contributed by atoms with Crippen LogP contribution in [0.3, 0.4) is 0 Å². The average Bonchev–Trinajstić information content (AvgIpc) is 3.38. The van der Waals surface area contributed by atoms with Crippen molar-refractivity contribution in [3.05, 3.63) is 74.4 Å². The van der Waals surface area contributed by atoms with E-state index in [9.17, 15) is 27.9 Å². The van der Waals surface area contributed by atoms with Gasteiger partial charge in [0.1, 0.15) is 6.54 Å². The van der Waals surface area contributed by atoms with Gasteiger partial charge in [-0.2, -0.15) is 13.2 Å². The van der Waals surface area contributed by atoms with Crippen molar-refractivity contribution in [3.8, 4) is 17.1 Å². The molecule has 0 amide bonds. The van der Waals surface area contributed by atoms with Gasteiger partial charge in [-0.25, -0.2) is 19.1 Å². The molecule has 0 fully saturated rings. The van der Waals surface area contributed by atoms with E-state index in [4.69, 9.17) is 27.9 Å². The van der Waals surface area contributed by atoms with Crippen molar-refractivity contribution in [1.29, 1.82) is 0 Å². The first kappa shape index (κ1) is 27.8. The number of aromatic nitrogens is 7. The van der Waals surface area contributed by atoms with Gasteiger partial charge >= 0.3 is 17.8 Å². The molecular weight excluding hydrogens is 578 g/mol. The lowest BCUT2D eigenvalue weighted by Crippen LogP contribution is -2.37. The number of fused-ring (bicyclic) bond motifs is 3. The summed E-state index contributed by atoms with van der Waals surface area (Å²) in [5.74, 6) is -0.362. The molecule has 1 aliphatic rings. The first-order valence-corrected chi connectivity index (χ1v) is 12.6. The Labute approximate surface area is 233 Å². The van der Waals surface area contributed by atoms with Crippen LogP contribution in [0.4, 0.5) is 13.2 Å². The lowest BCUT2D eigenvalue weighted by Gasteiger charge is -2.15. The third-order valence-electron chi connectivity index (χ3n) is 6.16. The summed E-state index contributed by atoms with van der Waals surface area (Å²) in [6.45, 7) is -0.175. The number of benzene rings is 1. The molecule has 16 heteroatoms. The Balaban J connectivity index is 1.59. The molecule has 1 aromatic carbocycles. The third-order valence-corrected chi connectivity index (χ3v) is 6.69. The predicted molar refractivity (Wildman–Crippen MR) is 135 cm³/mol. The summed E-state index contributed by atoms with van der Waals surface area (Å²) in [7, 11) is 0. The van der Waals surface area contributed by atoms with Crippen molar-refractivity contribution in [2.75, 3.05) is 0 Å². The fourth-order valence-electron chi connectivity index (χ4n) is 4.36. The standard InChI is InChI=1S/C24H20Cl2F3N7O4/c1-12(37)40-17-7-4-14-8-30-9-16(26)20(14)36-22(17)31-19(32-36)11-35-23(39)34(10-18(38)24(27,28)29)21(33-35)13-2-5-15(25)6-3-13/h2-3,5-6,8-9,17-18,38H,4,7,10-11H2,1H3/t17-,18-/m0/s1. The Morgan fingerprint density at radius 2 is 1.93 bits per heavy atom. The second kappa shape index (κ2) is 10.7. The van der Waals surface area contributed by atoms with Crippen LogP contribution in [0.15, 0.2) is 41.5 Å². The van der Waals surface area contributed by atoms with Crippen molar-refractivity contribution in [3.63, 3.8) is 0 Å². The quantitative estimate of drug-likeness (QED) is 0.334. The zero-order chi connectivity index (χ0) is 28.8. The number of aliphatic hydroxyl groups is 1. The van der Waals surface area contributed by atoms with Crippen molar-refractivity contribution in [1.82, 2.24) is 34.1 Å². The molecule has 0 unspecified atom stereocenters. The molecule has 210 valence electrons. The smallest absolute Gasteiger partial charge is 0.416 e. The van der Waals surface area contributed by atoms with Gasteiger partial charge in [0.2, 0.25) is 0 Å². The second-order valence-corrected chi connectivity index (χ2v) is 9.85. The second-order valence-electron chi connectivity index (χ2n) is 9.00. The number of carbonyl (C=O) groups excluding carboxylic acids is 1. The lowest BCUT2D eigenvalue weighted by atomic mass is 10.1. The number of pyridine rings is 1. The van der Waals surface area contributed by atoms with Crippen LogP contribution in [0.1, 0.15) is 36.7 Å². The van der Waals surface area contributed by atoms with Gasteiger partial charge < -0.3 is 9.84 Å². The fraction of sp³-hybridized carbons (Fsp3) is 0.333. The summed E-state index contributed by atoms with van der Waals surface area (Å²) < 4.78 is 48.0. The topological polar surface area (TPSA) is 130 Å². The van der Waals surface area contributed by atoms with Crippen LogP contribution in [0.2, 0.25) is 10.0 Å². The van der Waals surface area contributed by atoms with Crippen LogP contribution in [0.25, 0.3) is 17.1 Å². The van der Waals surface area contributed by atoms with Crippen molar-refractivity contribution in [2.24, 2.45) is 0 Å². The minimum Gasteiger partial charge on any atom is -0.454 e. The molecule has 4 aromatic rings. The van der Waals surface area contributed by atoms with Crippen LogP contribution in [0.5, 0.6) is 0 Å². The molecule has 0 saturated carbocycles. The molecule has 5 rings (SSSR count). The SMILES string of the molecule is CC(=O)O[C@H]1CCc2cncc(Cl)c2-n2nc(Cn3nc(-c4ccc(Cl)cc4)n(C[C@H](O)C(F)(F)F)c3=O)nc21. The van der Waals surface area contributed by atoms with E-state index in [2.05, 4.69) is 20.2 Å². The summed E-state index contributed by atoms with van der Waals surface area (Å²) >= 11 is 12.4. The fourth-order valence-corrected chi connectivity index (χ4v) is 4.74. The number of halogens is 5. The molecule has 4 heterocycles. The van der Waals surface area contributed by atoms with E-state index in [1.807, 2.05) is 0 Å². The van der Waals surface area contributed by atoms with E-state index in [1.54, 1.807) is 6.20 Å². The Kier molecular flexibility index (Phi) is 7.42. The average molecular weight is 598 g/mol. The summed E-state index contributed by atoms with van der Waals surface area (Å²) in [5, 5.41) is 19.0. The number of aryl methyl sites for hydroxylation is 1.